The van der Waals surface area contributed by atoms with Crippen LogP contribution in [0.15, 0.2) is 0 Å². The molecular weight excluding hydrogens is 202 g/mol. The van der Waals surface area contributed by atoms with Gasteiger partial charge in [-0.25, -0.2) is 0 Å². The third kappa shape index (κ3) is 3.13. The number of hydrogen-bond donors (Lipinski definition) is 4. The monoisotopic (exact) mass is 219 g/mol. The van der Waals surface area contributed by atoms with Gasteiger partial charge in [-0.15, -0.1) is 0 Å². The van der Waals surface area contributed by atoms with Crippen LogP contribution in [0.5, 0.6) is 0 Å². The van der Waals surface area contributed by atoms with Gasteiger partial charge in [-0.2, -0.15) is 0 Å². The molecule has 0 aromatic rings. The van der Waals surface area contributed by atoms with Gasteiger partial charge >= 0.3 is 5.97 Å². The second-order valence-electron chi connectivity index (χ2n) is 3.57. The van der Waals surface area contributed by atoms with Crippen LogP contribution in [0, 0.1) is 0 Å². The summed E-state index contributed by atoms with van der Waals surface area (Å²) in [5.41, 5.74) is 0. The predicted molar refractivity (Wildman–Crippen MR) is 51.1 cm³/mol. The van der Waals surface area contributed by atoms with Gasteiger partial charge in [0, 0.05) is 12.6 Å². The second kappa shape index (κ2) is 5.41. The van der Waals surface area contributed by atoms with E-state index in [1.165, 1.54) is 0 Å². The molecule has 0 unspecified atom stereocenters. The zero-order valence-electron chi connectivity index (χ0n) is 8.59. The first-order valence-corrected chi connectivity index (χ1v) is 4.99. The maximum atomic E-state index is 11.1. The number of carbonyl (C=O) groups excluding carboxylic acids is 1. The Morgan fingerprint density at radius 2 is 2.07 bits per heavy atom. The fraction of sp³-hybridized carbons (Fsp3) is 0.889. The highest BCUT2D eigenvalue weighted by molar-refractivity contribution is 5.70. The molecule has 6 heteroatoms. The molecule has 0 aliphatic carbocycles. The molecule has 88 valence electrons. The Bertz CT molecular complexity index is 223. The molecule has 1 saturated heterocycles. The van der Waals surface area contributed by atoms with E-state index in [2.05, 4.69) is 5.32 Å². The zero-order chi connectivity index (χ0) is 11.4. The number of aliphatic hydroxyl groups excluding tert-OH is 3. The van der Waals surface area contributed by atoms with Crippen LogP contribution in [0.25, 0.3) is 0 Å². The Balaban J connectivity index is 2.45. The van der Waals surface area contributed by atoms with Gasteiger partial charge in [0.25, 0.3) is 0 Å². The number of rotatable bonds is 3. The zero-order valence-corrected chi connectivity index (χ0v) is 8.59. The van der Waals surface area contributed by atoms with Crippen molar-refractivity contribution in [2.24, 2.45) is 0 Å². The summed E-state index contributed by atoms with van der Waals surface area (Å²) in [6, 6.07) is -0.567. The number of ether oxygens (including phenoxy) is 1. The summed E-state index contributed by atoms with van der Waals surface area (Å²) >= 11 is 0. The molecule has 0 spiro atoms. The summed E-state index contributed by atoms with van der Waals surface area (Å²) < 4.78 is 4.72. The molecule has 0 amide bonds. The summed E-state index contributed by atoms with van der Waals surface area (Å²) in [6.07, 6.45) is -3.39. The van der Waals surface area contributed by atoms with Crippen LogP contribution in [-0.4, -0.2) is 58.8 Å². The van der Waals surface area contributed by atoms with E-state index in [0.717, 1.165) is 0 Å². The van der Waals surface area contributed by atoms with Crippen molar-refractivity contribution < 1.29 is 24.9 Å². The first kappa shape index (κ1) is 12.4. The van der Waals surface area contributed by atoms with E-state index in [4.69, 9.17) is 4.74 Å². The molecule has 4 atom stereocenters. The number of aliphatic hydroxyl groups is 3. The molecule has 0 radical (unpaired) electrons. The largest absolute Gasteiger partial charge is 0.466 e. The van der Waals surface area contributed by atoms with Crippen molar-refractivity contribution in [2.45, 2.75) is 37.7 Å². The molecule has 1 aliphatic rings. The SMILES string of the molecule is CCOC(=O)C[C@H]1NC[C@@H](O)[C@@H](O)[C@H]1O. The maximum absolute atomic E-state index is 11.1. The van der Waals surface area contributed by atoms with Gasteiger partial charge < -0.3 is 25.4 Å². The number of β-amino-alcohol motifs (C(OH)–C–C–N with tert-alkyl or cyclic N) is 1. The molecule has 1 rings (SSSR count). The highest BCUT2D eigenvalue weighted by Crippen LogP contribution is 2.13. The quantitative estimate of drug-likeness (QED) is 0.410. The smallest absolute Gasteiger partial charge is 0.307 e. The van der Waals surface area contributed by atoms with Crippen molar-refractivity contribution in [3.8, 4) is 0 Å². The fourth-order valence-corrected chi connectivity index (χ4v) is 1.57. The topological polar surface area (TPSA) is 99.0 Å². The molecule has 0 aromatic heterocycles. The third-order valence-corrected chi connectivity index (χ3v) is 2.44. The van der Waals surface area contributed by atoms with Crippen molar-refractivity contribution in [3.63, 3.8) is 0 Å². The summed E-state index contributed by atoms with van der Waals surface area (Å²) in [6.45, 7) is 2.14. The molecule has 1 fully saturated rings. The van der Waals surface area contributed by atoms with Crippen molar-refractivity contribution in [2.75, 3.05) is 13.2 Å². The van der Waals surface area contributed by atoms with Gasteiger partial charge in [-0.1, -0.05) is 0 Å². The fourth-order valence-electron chi connectivity index (χ4n) is 1.57. The van der Waals surface area contributed by atoms with E-state index in [1.807, 2.05) is 0 Å². The Morgan fingerprint density at radius 3 is 2.67 bits per heavy atom. The average molecular weight is 219 g/mol. The normalized spacial score (nSPS) is 36.3. The van der Waals surface area contributed by atoms with Crippen LogP contribution in [0.1, 0.15) is 13.3 Å². The third-order valence-electron chi connectivity index (χ3n) is 2.44. The van der Waals surface area contributed by atoms with Crippen LogP contribution in [0.4, 0.5) is 0 Å². The van der Waals surface area contributed by atoms with Gasteiger partial charge in [0.2, 0.25) is 0 Å². The first-order valence-electron chi connectivity index (χ1n) is 4.99. The van der Waals surface area contributed by atoms with Crippen molar-refractivity contribution in [1.82, 2.24) is 5.32 Å². The minimum Gasteiger partial charge on any atom is -0.466 e. The highest BCUT2D eigenvalue weighted by Gasteiger charge is 2.37. The van der Waals surface area contributed by atoms with Crippen molar-refractivity contribution >= 4 is 5.97 Å². The van der Waals surface area contributed by atoms with E-state index in [0.29, 0.717) is 0 Å². The van der Waals surface area contributed by atoms with Crippen molar-refractivity contribution in [1.29, 1.82) is 0 Å². The summed E-state index contributed by atoms with van der Waals surface area (Å²) in [5.74, 6) is -0.433. The molecule has 15 heavy (non-hydrogen) atoms. The molecule has 4 N–H and O–H groups in total. The van der Waals surface area contributed by atoms with Gasteiger partial charge in [0.1, 0.15) is 6.10 Å². The second-order valence-corrected chi connectivity index (χ2v) is 3.57. The summed E-state index contributed by atoms with van der Waals surface area (Å²) in [5, 5.41) is 30.9. The Morgan fingerprint density at radius 1 is 1.40 bits per heavy atom. The average Bonchev–Trinajstić information content (AvgIpc) is 2.20. The Labute approximate surface area is 87.9 Å². The lowest BCUT2D eigenvalue weighted by atomic mass is 9.94. The van der Waals surface area contributed by atoms with Gasteiger partial charge in [-0.3, -0.25) is 4.79 Å². The van der Waals surface area contributed by atoms with E-state index in [-0.39, 0.29) is 19.6 Å². The molecular formula is C9H17NO5. The molecule has 6 nitrogen and oxygen atoms in total. The molecule has 1 aliphatic heterocycles. The number of hydrogen-bond acceptors (Lipinski definition) is 6. The lowest BCUT2D eigenvalue weighted by Crippen LogP contribution is -2.60. The van der Waals surface area contributed by atoms with Crippen LogP contribution in [-0.2, 0) is 9.53 Å². The number of piperidine rings is 1. The Kier molecular flexibility index (Phi) is 4.46. The lowest BCUT2D eigenvalue weighted by Gasteiger charge is -2.35. The maximum Gasteiger partial charge on any atom is 0.307 e. The minimum atomic E-state index is -1.22. The van der Waals surface area contributed by atoms with E-state index in [9.17, 15) is 20.1 Å². The molecule has 0 saturated carbocycles. The van der Waals surface area contributed by atoms with E-state index in [1.54, 1.807) is 6.92 Å². The van der Waals surface area contributed by atoms with Crippen LogP contribution in [0.2, 0.25) is 0 Å². The van der Waals surface area contributed by atoms with E-state index < -0.39 is 30.3 Å². The minimum absolute atomic E-state index is 0.0151. The first-order chi connectivity index (χ1) is 7.06. The number of nitrogens with one attached hydrogen (secondary N) is 1. The van der Waals surface area contributed by atoms with E-state index >= 15 is 0 Å². The number of esters is 1. The standard InChI is InChI=1S/C9H17NO5/c1-2-15-7(12)3-5-8(13)9(14)6(11)4-10-5/h5-6,8-11,13-14H,2-4H2,1H3/t5-,6-,8+,9-/m1/s1. The van der Waals surface area contributed by atoms with Crippen LogP contribution >= 0.6 is 0 Å². The molecule has 1 heterocycles. The highest BCUT2D eigenvalue weighted by atomic mass is 16.5. The molecule has 0 aromatic carbocycles. The Hall–Kier alpha value is -0.690. The van der Waals surface area contributed by atoms with Crippen LogP contribution < -0.4 is 5.32 Å². The number of carbonyl (C=O) groups is 1. The van der Waals surface area contributed by atoms with Crippen LogP contribution in [0.3, 0.4) is 0 Å². The summed E-state index contributed by atoms with van der Waals surface area (Å²) in [4.78, 5) is 11.1. The van der Waals surface area contributed by atoms with Gasteiger partial charge in [0.15, 0.2) is 0 Å². The predicted octanol–water partition coefficient (Wildman–Crippen LogP) is -2.01. The molecule has 0 bridgehead atoms. The van der Waals surface area contributed by atoms with Crippen molar-refractivity contribution in [3.05, 3.63) is 0 Å². The summed E-state index contributed by atoms with van der Waals surface area (Å²) in [7, 11) is 0. The van der Waals surface area contributed by atoms with Gasteiger partial charge in [0.05, 0.1) is 25.2 Å². The van der Waals surface area contributed by atoms with Gasteiger partial charge in [-0.05, 0) is 6.92 Å². The lowest BCUT2D eigenvalue weighted by molar-refractivity contribution is -0.147.